The summed E-state index contributed by atoms with van der Waals surface area (Å²) < 4.78 is 94.4. The summed E-state index contributed by atoms with van der Waals surface area (Å²) in [6.45, 7) is 0. The zero-order chi connectivity index (χ0) is 41.7. The van der Waals surface area contributed by atoms with Crippen LogP contribution < -0.4 is 0 Å². The normalized spacial score (nSPS) is 14.4. The Morgan fingerprint density at radius 1 is 0.520 bits per heavy atom. The Bertz CT molecular complexity index is 3440. The number of furan rings is 1. The van der Waals surface area contributed by atoms with Crippen molar-refractivity contribution in [3.8, 4) is 55.8 Å². The van der Waals surface area contributed by atoms with Crippen LogP contribution in [0, 0.1) is 0 Å². The Balaban J connectivity index is 1.11. The van der Waals surface area contributed by atoms with Crippen LogP contribution in [0.15, 0.2) is 174 Å². The van der Waals surface area contributed by atoms with Crippen molar-refractivity contribution >= 4 is 53.6 Å². The predicted octanol–water partition coefficient (Wildman–Crippen LogP) is 13.1. The monoisotopic (exact) mass is 666 g/mol. The summed E-state index contributed by atoms with van der Waals surface area (Å²) in [5, 5.41) is 0.765. The molecule has 3 aromatic heterocycles. The summed E-state index contributed by atoms with van der Waals surface area (Å²) in [4.78, 5) is 9.07. The smallest absolute Gasteiger partial charge is 0.180 e. The molecule has 10 aromatic rings. The first-order chi connectivity index (χ1) is 28.9. The minimum Gasteiger partial charge on any atom is -0.452 e. The summed E-state index contributed by atoms with van der Waals surface area (Å²) in [5.74, 6) is 0. The van der Waals surface area contributed by atoms with E-state index in [-0.39, 0.29) is 78.4 Å². The Morgan fingerprint density at radius 2 is 1.22 bits per heavy atom. The molecule has 0 atom stereocenters. The number of rotatable bonds is 5. The number of hydrogen-bond acceptors (Lipinski definition) is 4. The van der Waals surface area contributed by atoms with Crippen molar-refractivity contribution in [2.75, 3.05) is 0 Å². The van der Waals surface area contributed by atoms with Gasteiger partial charge in [0.2, 0.25) is 0 Å². The Kier molecular flexibility index (Phi) is 4.71. The maximum absolute atomic E-state index is 9.53. The third-order valence-corrected chi connectivity index (χ3v) is 10.0. The molecule has 0 fully saturated rings. The molecule has 0 spiro atoms. The molecule has 50 heavy (non-hydrogen) atoms. The summed E-state index contributed by atoms with van der Waals surface area (Å²) in [5.41, 5.74) is 7.43. The van der Waals surface area contributed by atoms with E-state index in [1.54, 1.807) is 0 Å². The van der Waals surface area contributed by atoms with Gasteiger partial charge in [-0.1, -0.05) is 133 Å². The van der Waals surface area contributed by atoms with Crippen LogP contribution in [-0.4, -0.2) is 9.97 Å². The van der Waals surface area contributed by atoms with E-state index in [1.807, 2.05) is 48.5 Å². The molecule has 0 radical (unpaired) electrons. The zero-order valence-corrected chi connectivity index (χ0v) is 26.9. The minimum absolute atomic E-state index is 0.00180. The van der Waals surface area contributed by atoms with Gasteiger partial charge in [0, 0.05) is 31.1 Å². The van der Waals surface area contributed by atoms with Crippen molar-refractivity contribution in [3.63, 3.8) is 0 Å². The lowest BCUT2D eigenvalue weighted by Crippen LogP contribution is -1.88. The van der Waals surface area contributed by atoms with Gasteiger partial charge in [-0.15, -0.1) is 11.3 Å². The van der Waals surface area contributed by atoms with Gasteiger partial charge in [0.15, 0.2) is 5.58 Å². The lowest BCUT2D eigenvalue weighted by Gasteiger charge is -2.08. The molecule has 4 heteroatoms. The highest BCUT2D eigenvalue weighted by Crippen LogP contribution is 2.41. The molecule has 7 aromatic carbocycles. The van der Waals surface area contributed by atoms with Crippen molar-refractivity contribution in [1.82, 2.24) is 9.97 Å². The molecule has 0 aliphatic heterocycles. The summed E-state index contributed by atoms with van der Waals surface area (Å²) >= 11 is 0.919. The second-order valence-corrected chi connectivity index (χ2v) is 12.8. The van der Waals surface area contributed by atoms with Gasteiger partial charge in [0.25, 0.3) is 0 Å². The highest BCUT2D eigenvalue weighted by atomic mass is 32.1. The number of benzene rings is 7. The maximum Gasteiger partial charge on any atom is 0.180 e. The van der Waals surface area contributed by atoms with Crippen LogP contribution in [0.3, 0.4) is 0 Å². The lowest BCUT2D eigenvalue weighted by molar-refractivity contribution is 0.667. The SMILES string of the molecule is [2H]c1cc([2H])c(-c2c([2H])c([2H])c([2H])c3c2sc2c([2H])c([2H])c([2H])c([2H])c23)c([2H])c1-c1ncnc2c1oc1ccc(-c3cccc(-c4ccc(-c5ccccc5)cc4)c3)cc12. The molecule has 0 aliphatic rings. The fraction of sp³-hybridized carbons (Fsp3) is 0. The minimum atomic E-state index is -0.524. The number of aromatic nitrogens is 2. The van der Waals surface area contributed by atoms with Crippen LogP contribution in [0.1, 0.15) is 13.7 Å². The molecule has 3 heterocycles. The molecule has 234 valence electrons. The van der Waals surface area contributed by atoms with Gasteiger partial charge in [0.05, 0.1) is 13.7 Å². The van der Waals surface area contributed by atoms with Crippen LogP contribution in [0.4, 0.5) is 0 Å². The predicted molar refractivity (Wildman–Crippen MR) is 209 cm³/mol. The molecule has 0 unspecified atom stereocenters. The van der Waals surface area contributed by atoms with Gasteiger partial charge in [-0.3, -0.25) is 0 Å². The van der Waals surface area contributed by atoms with Gasteiger partial charge in [0.1, 0.15) is 23.1 Å². The highest BCUT2D eigenvalue weighted by molar-refractivity contribution is 7.26. The number of hydrogen-bond donors (Lipinski definition) is 0. The Morgan fingerprint density at radius 3 is 2.10 bits per heavy atom. The van der Waals surface area contributed by atoms with E-state index in [0.717, 1.165) is 44.7 Å². The van der Waals surface area contributed by atoms with Crippen molar-refractivity contribution < 1.29 is 18.1 Å². The first kappa shape index (κ1) is 20.2. The van der Waals surface area contributed by atoms with Crippen molar-refractivity contribution in [2.24, 2.45) is 0 Å². The standard InChI is InChI=1S/C46H28N2OS/c1-2-9-29(10-3-1)30-19-21-31(22-20-30)32-11-6-12-33(25-32)34-23-24-41-40(27-34)44-45(49-41)43(47-28-48-44)36-14-7-13-35(26-36)37-16-8-17-39-38-15-4-5-18-42(38)50-46(37)39/h1-28H/i4D,5D,8D,13D,14D,15D,16D,17D,18D,26D. The van der Waals surface area contributed by atoms with Crippen LogP contribution in [0.5, 0.6) is 0 Å². The van der Waals surface area contributed by atoms with E-state index >= 15 is 0 Å². The van der Waals surface area contributed by atoms with Crippen LogP contribution in [-0.2, 0) is 0 Å². The Labute approximate surface area is 306 Å². The van der Waals surface area contributed by atoms with Gasteiger partial charge in [-0.05, 0) is 74.8 Å². The van der Waals surface area contributed by atoms with Crippen LogP contribution in [0.25, 0.3) is 98.0 Å². The summed E-state index contributed by atoms with van der Waals surface area (Å²) in [6.07, 6.45) is 1.32. The topological polar surface area (TPSA) is 38.9 Å². The summed E-state index contributed by atoms with van der Waals surface area (Å²) in [7, 11) is 0. The third-order valence-electron chi connectivity index (χ3n) is 8.88. The van der Waals surface area contributed by atoms with E-state index in [0.29, 0.717) is 16.5 Å². The summed E-state index contributed by atoms with van der Waals surface area (Å²) in [6, 6.07) is 30.1. The average molecular weight is 667 g/mol. The molecule has 0 amide bonds. The third kappa shape index (κ3) is 4.80. The second-order valence-electron chi connectivity index (χ2n) is 11.8. The second kappa shape index (κ2) is 11.7. The van der Waals surface area contributed by atoms with E-state index in [4.69, 9.17) is 16.8 Å². The van der Waals surface area contributed by atoms with E-state index in [9.17, 15) is 1.37 Å². The van der Waals surface area contributed by atoms with Crippen molar-refractivity contribution in [2.45, 2.75) is 0 Å². The molecule has 0 aliphatic carbocycles. The van der Waals surface area contributed by atoms with Gasteiger partial charge in [-0.2, -0.15) is 0 Å². The zero-order valence-electron chi connectivity index (χ0n) is 36.1. The van der Waals surface area contributed by atoms with E-state index in [1.165, 1.54) is 12.4 Å². The first-order valence-electron chi connectivity index (χ1n) is 20.9. The highest BCUT2D eigenvalue weighted by Gasteiger charge is 2.17. The van der Waals surface area contributed by atoms with Gasteiger partial charge < -0.3 is 4.42 Å². The van der Waals surface area contributed by atoms with Crippen molar-refractivity contribution in [1.29, 1.82) is 0 Å². The number of fused-ring (bicyclic) bond motifs is 6. The molecule has 0 saturated heterocycles. The van der Waals surface area contributed by atoms with E-state index in [2.05, 4.69) is 58.5 Å². The fourth-order valence-electron chi connectivity index (χ4n) is 6.44. The number of thiophene rings is 1. The van der Waals surface area contributed by atoms with Crippen LogP contribution >= 0.6 is 11.3 Å². The molecule has 0 bridgehead atoms. The Hall–Kier alpha value is -6.36. The van der Waals surface area contributed by atoms with Gasteiger partial charge in [-0.25, -0.2) is 9.97 Å². The molecule has 10 rings (SSSR count). The fourth-order valence-corrected chi connectivity index (χ4v) is 7.51. The van der Waals surface area contributed by atoms with E-state index < -0.39 is 30.2 Å². The molecule has 3 nitrogen and oxygen atoms in total. The van der Waals surface area contributed by atoms with Crippen LogP contribution in [0.2, 0.25) is 0 Å². The lowest BCUT2D eigenvalue weighted by atomic mass is 9.96. The average Bonchev–Trinajstić information content (AvgIpc) is 3.85. The quantitative estimate of drug-likeness (QED) is 0.183. The first-order valence-corrected chi connectivity index (χ1v) is 16.7. The largest absolute Gasteiger partial charge is 0.452 e. The molecule has 0 N–H and O–H groups in total. The van der Waals surface area contributed by atoms with Gasteiger partial charge >= 0.3 is 0 Å². The maximum atomic E-state index is 9.53. The molecular weight excluding hydrogens is 629 g/mol. The molecular formula is C46H28N2OS. The molecule has 0 saturated carbocycles. The van der Waals surface area contributed by atoms with Crippen molar-refractivity contribution in [3.05, 3.63) is 170 Å². The number of nitrogens with zero attached hydrogens (tertiary/aromatic N) is 2.